The molecule has 0 saturated carbocycles. The van der Waals surface area contributed by atoms with Crippen molar-refractivity contribution >= 4 is 5.91 Å². The van der Waals surface area contributed by atoms with Gasteiger partial charge in [-0.2, -0.15) is 5.10 Å². The van der Waals surface area contributed by atoms with Crippen molar-refractivity contribution in [3.8, 4) is 5.69 Å². The number of benzene rings is 1. The van der Waals surface area contributed by atoms with Crippen molar-refractivity contribution in [1.82, 2.24) is 19.6 Å². The van der Waals surface area contributed by atoms with Crippen LogP contribution in [0.3, 0.4) is 0 Å². The number of amides is 1. The van der Waals surface area contributed by atoms with Gasteiger partial charge in [0.25, 0.3) is 0 Å². The molecule has 2 saturated heterocycles. The molecule has 2 aliphatic heterocycles. The van der Waals surface area contributed by atoms with Gasteiger partial charge in [0.1, 0.15) is 0 Å². The van der Waals surface area contributed by atoms with Crippen molar-refractivity contribution in [2.75, 3.05) is 26.2 Å². The second-order valence-electron chi connectivity index (χ2n) is 8.47. The van der Waals surface area contributed by atoms with Crippen molar-refractivity contribution in [2.45, 2.75) is 52.0 Å². The summed E-state index contributed by atoms with van der Waals surface area (Å²) < 4.78 is 1.96. The number of carbonyl (C=O) groups is 1. The van der Waals surface area contributed by atoms with Crippen LogP contribution < -0.4 is 0 Å². The van der Waals surface area contributed by atoms with Crippen LogP contribution in [0.1, 0.15) is 49.7 Å². The second-order valence-corrected chi connectivity index (χ2v) is 8.47. The molecule has 0 aliphatic carbocycles. The minimum Gasteiger partial charge on any atom is -0.343 e. The Bertz CT molecular complexity index is 768. The van der Waals surface area contributed by atoms with E-state index in [1.54, 1.807) is 0 Å². The molecule has 0 unspecified atom stereocenters. The Kier molecular flexibility index (Phi) is 6.10. The van der Waals surface area contributed by atoms with Crippen LogP contribution in [0.5, 0.6) is 0 Å². The molecule has 150 valence electrons. The van der Waals surface area contributed by atoms with Gasteiger partial charge in [0.15, 0.2) is 0 Å². The van der Waals surface area contributed by atoms with Crippen LogP contribution in [-0.2, 0) is 11.3 Å². The van der Waals surface area contributed by atoms with Gasteiger partial charge in [-0.15, -0.1) is 0 Å². The maximum Gasteiger partial charge on any atom is 0.222 e. The Hall–Kier alpha value is -2.14. The van der Waals surface area contributed by atoms with Crippen LogP contribution in [0.4, 0.5) is 0 Å². The summed E-state index contributed by atoms with van der Waals surface area (Å²) in [4.78, 5) is 16.8. The molecule has 1 amide bonds. The first-order chi connectivity index (χ1) is 13.7. The largest absolute Gasteiger partial charge is 0.343 e. The highest BCUT2D eigenvalue weighted by molar-refractivity contribution is 5.76. The summed E-state index contributed by atoms with van der Waals surface area (Å²) in [6, 6.07) is 8.47. The monoisotopic (exact) mass is 380 g/mol. The maximum atomic E-state index is 12.2. The Balaban J connectivity index is 1.21. The third kappa shape index (κ3) is 4.82. The minimum atomic E-state index is 0.378. The highest BCUT2D eigenvalue weighted by atomic mass is 16.2. The first-order valence-electron chi connectivity index (χ1n) is 10.8. The normalized spacial score (nSPS) is 18.7. The number of nitrogens with zero attached hydrogens (tertiary/aromatic N) is 4. The number of aromatic nitrogens is 2. The van der Waals surface area contributed by atoms with Gasteiger partial charge in [0.2, 0.25) is 5.91 Å². The smallest absolute Gasteiger partial charge is 0.222 e. The molecule has 4 rings (SSSR count). The molecule has 0 spiro atoms. The SMILES string of the molecule is Cc1ccc(-n2cc(CN3CCC(CCC(=O)N4CCCC4)CC3)cn2)cc1. The molecule has 0 bridgehead atoms. The fourth-order valence-corrected chi connectivity index (χ4v) is 4.42. The molecular formula is C23H32N4O. The van der Waals surface area contributed by atoms with Gasteiger partial charge in [-0.1, -0.05) is 17.7 Å². The highest BCUT2D eigenvalue weighted by Crippen LogP contribution is 2.24. The summed E-state index contributed by atoms with van der Waals surface area (Å²) in [6.07, 6.45) is 10.7. The third-order valence-corrected chi connectivity index (χ3v) is 6.27. The van der Waals surface area contributed by atoms with Gasteiger partial charge in [0.05, 0.1) is 11.9 Å². The second kappa shape index (κ2) is 8.91. The minimum absolute atomic E-state index is 0.378. The van der Waals surface area contributed by atoms with Crippen molar-refractivity contribution in [3.63, 3.8) is 0 Å². The zero-order chi connectivity index (χ0) is 19.3. The van der Waals surface area contributed by atoms with Crippen molar-refractivity contribution in [3.05, 3.63) is 47.8 Å². The number of piperidine rings is 1. The van der Waals surface area contributed by atoms with Crippen LogP contribution >= 0.6 is 0 Å². The van der Waals surface area contributed by atoms with Crippen molar-refractivity contribution < 1.29 is 4.79 Å². The highest BCUT2D eigenvalue weighted by Gasteiger charge is 2.23. The lowest BCUT2D eigenvalue weighted by Crippen LogP contribution is -2.34. The molecule has 2 fully saturated rings. The van der Waals surface area contributed by atoms with E-state index < -0.39 is 0 Å². The predicted molar refractivity (Wildman–Crippen MR) is 111 cm³/mol. The molecule has 0 atom stereocenters. The topological polar surface area (TPSA) is 41.4 Å². The van der Waals surface area contributed by atoms with E-state index in [-0.39, 0.29) is 0 Å². The lowest BCUT2D eigenvalue weighted by molar-refractivity contribution is -0.130. The molecule has 0 N–H and O–H groups in total. The lowest BCUT2D eigenvalue weighted by atomic mass is 9.92. The number of hydrogen-bond donors (Lipinski definition) is 0. The summed E-state index contributed by atoms with van der Waals surface area (Å²) in [5, 5.41) is 4.53. The van der Waals surface area contributed by atoms with E-state index in [9.17, 15) is 4.79 Å². The fourth-order valence-electron chi connectivity index (χ4n) is 4.42. The molecule has 28 heavy (non-hydrogen) atoms. The maximum absolute atomic E-state index is 12.2. The van der Waals surface area contributed by atoms with E-state index in [2.05, 4.69) is 52.3 Å². The lowest BCUT2D eigenvalue weighted by Gasteiger charge is -2.31. The molecular weight excluding hydrogens is 348 g/mol. The summed E-state index contributed by atoms with van der Waals surface area (Å²) in [5.74, 6) is 1.08. The van der Waals surface area contributed by atoms with E-state index in [4.69, 9.17) is 0 Å². The first-order valence-corrected chi connectivity index (χ1v) is 10.8. The number of rotatable bonds is 6. The summed E-state index contributed by atoms with van der Waals surface area (Å²) in [6.45, 7) is 7.27. The Morgan fingerprint density at radius 3 is 2.50 bits per heavy atom. The van der Waals surface area contributed by atoms with Crippen molar-refractivity contribution in [2.24, 2.45) is 5.92 Å². The van der Waals surface area contributed by atoms with E-state index in [1.807, 2.05) is 10.9 Å². The van der Waals surface area contributed by atoms with Crippen LogP contribution in [0, 0.1) is 12.8 Å². The Morgan fingerprint density at radius 2 is 1.79 bits per heavy atom. The van der Waals surface area contributed by atoms with E-state index >= 15 is 0 Å². The number of aryl methyl sites for hydroxylation is 1. The van der Waals surface area contributed by atoms with Gasteiger partial charge >= 0.3 is 0 Å². The van der Waals surface area contributed by atoms with E-state index in [0.29, 0.717) is 11.8 Å². The summed E-state index contributed by atoms with van der Waals surface area (Å²) in [7, 11) is 0. The third-order valence-electron chi connectivity index (χ3n) is 6.27. The average Bonchev–Trinajstić information content (AvgIpc) is 3.40. The Labute approximate surface area is 168 Å². The number of likely N-dealkylation sites (tertiary alicyclic amines) is 2. The molecule has 1 aromatic heterocycles. The number of carbonyl (C=O) groups excluding carboxylic acids is 1. The van der Waals surface area contributed by atoms with E-state index in [1.165, 1.54) is 36.8 Å². The summed E-state index contributed by atoms with van der Waals surface area (Å²) in [5.41, 5.74) is 3.64. The van der Waals surface area contributed by atoms with Crippen LogP contribution in [0.2, 0.25) is 0 Å². The molecule has 2 aliphatic rings. The van der Waals surface area contributed by atoms with Gasteiger partial charge in [-0.05, 0) is 70.2 Å². The molecule has 1 aromatic carbocycles. The average molecular weight is 381 g/mol. The summed E-state index contributed by atoms with van der Waals surface area (Å²) >= 11 is 0. The van der Waals surface area contributed by atoms with Crippen LogP contribution in [-0.4, -0.2) is 51.7 Å². The molecule has 2 aromatic rings. The van der Waals surface area contributed by atoms with Gasteiger partial charge in [0, 0.05) is 37.8 Å². The molecule has 5 nitrogen and oxygen atoms in total. The zero-order valence-electron chi connectivity index (χ0n) is 17.0. The predicted octanol–water partition coefficient (Wildman–Crippen LogP) is 3.80. The molecule has 0 radical (unpaired) electrons. The fraction of sp³-hybridized carbons (Fsp3) is 0.565. The number of hydrogen-bond acceptors (Lipinski definition) is 3. The van der Waals surface area contributed by atoms with Crippen LogP contribution in [0.15, 0.2) is 36.7 Å². The standard InChI is InChI=1S/C23H32N4O/c1-19-4-7-22(8-5-19)27-18-21(16-24-27)17-25-14-10-20(11-15-25)6-9-23(28)26-12-2-3-13-26/h4-5,7-8,16,18,20H,2-3,6,9-15,17H2,1H3. The zero-order valence-corrected chi connectivity index (χ0v) is 17.0. The quantitative estimate of drug-likeness (QED) is 0.765. The van der Waals surface area contributed by atoms with Gasteiger partial charge in [-0.25, -0.2) is 4.68 Å². The van der Waals surface area contributed by atoms with Gasteiger partial charge in [-0.3, -0.25) is 9.69 Å². The van der Waals surface area contributed by atoms with Gasteiger partial charge < -0.3 is 4.90 Å². The Morgan fingerprint density at radius 1 is 1.07 bits per heavy atom. The first kappa shape index (κ1) is 19.2. The molecule has 5 heteroatoms. The van der Waals surface area contributed by atoms with Crippen LogP contribution in [0.25, 0.3) is 5.69 Å². The van der Waals surface area contributed by atoms with E-state index in [0.717, 1.165) is 51.3 Å². The molecule has 3 heterocycles. The van der Waals surface area contributed by atoms with Crippen molar-refractivity contribution in [1.29, 1.82) is 0 Å².